The van der Waals surface area contributed by atoms with Crippen LogP contribution in [0, 0.1) is 5.82 Å². The fraction of sp³-hybridized carbons (Fsp3) is 0.273. The number of benzene rings is 1. The Balaban J connectivity index is 2.25. The van der Waals surface area contributed by atoms with Crippen molar-refractivity contribution >= 4 is 11.6 Å². The molecule has 0 aliphatic heterocycles. The molecule has 0 spiro atoms. The second-order valence-electron chi connectivity index (χ2n) is 3.92. The Labute approximate surface area is 108 Å². The minimum atomic E-state index is -0.670. The topological polar surface area (TPSA) is 98.7 Å². The van der Waals surface area contributed by atoms with E-state index in [2.05, 4.69) is 20.8 Å². The van der Waals surface area contributed by atoms with Crippen molar-refractivity contribution in [2.75, 3.05) is 5.32 Å². The van der Waals surface area contributed by atoms with Crippen molar-refractivity contribution in [1.29, 1.82) is 0 Å². The van der Waals surface area contributed by atoms with Gasteiger partial charge in [-0.25, -0.2) is 9.07 Å². The van der Waals surface area contributed by atoms with Crippen molar-refractivity contribution in [3.63, 3.8) is 0 Å². The van der Waals surface area contributed by atoms with Crippen LogP contribution in [0.5, 0.6) is 0 Å². The molecule has 0 aliphatic carbocycles. The first kappa shape index (κ1) is 13.1. The van der Waals surface area contributed by atoms with Crippen LogP contribution < -0.4 is 11.1 Å². The minimum Gasteiger partial charge on any atom is -0.322 e. The Morgan fingerprint density at radius 1 is 1.58 bits per heavy atom. The van der Waals surface area contributed by atoms with Gasteiger partial charge in [-0.15, -0.1) is 5.10 Å². The zero-order valence-corrected chi connectivity index (χ0v) is 10.2. The van der Waals surface area contributed by atoms with E-state index in [0.29, 0.717) is 12.1 Å². The number of hydrogen-bond donors (Lipinski definition) is 2. The zero-order chi connectivity index (χ0) is 13.8. The Hall–Kier alpha value is -2.35. The molecular weight excluding hydrogens is 251 g/mol. The van der Waals surface area contributed by atoms with Crippen molar-refractivity contribution in [2.45, 2.75) is 19.4 Å². The van der Waals surface area contributed by atoms with Crippen LogP contribution in [0.2, 0.25) is 0 Å². The van der Waals surface area contributed by atoms with Gasteiger partial charge in [-0.3, -0.25) is 4.79 Å². The molecule has 1 atom stereocenters. The van der Waals surface area contributed by atoms with Crippen LogP contribution in [0.4, 0.5) is 10.1 Å². The maximum atomic E-state index is 13.6. The lowest BCUT2D eigenvalue weighted by molar-refractivity contribution is -0.117. The number of amides is 1. The first-order valence-electron chi connectivity index (χ1n) is 5.71. The fourth-order valence-electron chi connectivity index (χ4n) is 1.44. The molecule has 0 unspecified atom stereocenters. The summed E-state index contributed by atoms with van der Waals surface area (Å²) < 4.78 is 15.0. The molecule has 1 aromatic heterocycles. The van der Waals surface area contributed by atoms with Gasteiger partial charge in [0.25, 0.3) is 0 Å². The van der Waals surface area contributed by atoms with Gasteiger partial charge in [-0.2, -0.15) is 0 Å². The van der Waals surface area contributed by atoms with Gasteiger partial charge in [0, 0.05) is 0 Å². The summed E-state index contributed by atoms with van der Waals surface area (Å²) in [5.74, 6) is -0.983. The predicted octanol–water partition coefficient (Wildman–Crippen LogP) is 0.477. The molecule has 7 nitrogen and oxygen atoms in total. The summed E-state index contributed by atoms with van der Waals surface area (Å²) in [7, 11) is 0. The standard InChI is InChI=1S/C11H13FN6O/c1-2-9(13)11(19)15-10-5-7(3-4-8(10)12)18-6-14-16-17-18/h3-6,9H,2,13H2,1H3,(H,15,19)/t9-/m0/s1. The van der Waals surface area contributed by atoms with Gasteiger partial charge in [0.2, 0.25) is 5.91 Å². The molecule has 0 fully saturated rings. The quantitative estimate of drug-likeness (QED) is 0.836. The normalized spacial score (nSPS) is 12.2. The third kappa shape index (κ3) is 2.91. The molecule has 8 heteroatoms. The summed E-state index contributed by atoms with van der Waals surface area (Å²) in [6.45, 7) is 1.78. The summed E-state index contributed by atoms with van der Waals surface area (Å²) in [6, 6.07) is 3.49. The molecular formula is C11H13FN6O. The summed E-state index contributed by atoms with van der Waals surface area (Å²) in [4.78, 5) is 11.6. The molecule has 2 rings (SSSR count). The summed E-state index contributed by atoms with van der Waals surface area (Å²) >= 11 is 0. The molecule has 0 saturated carbocycles. The zero-order valence-electron chi connectivity index (χ0n) is 10.2. The number of aromatic nitrogens is 4. The highest BCUT2D eigenvalue weighted by molar-refractivity contribution is 5.94. The van der Waals surface area contributed by atoms with Crippen LogP contribution in [-0.4, -0.2) is 32.2 Å². The average molecular weight is 264 g/mol. The number of halogens is 1. The highest BCUT2D eigenvalue weighted by atomic mass is 19.1. The fourth-order valence-corrected chi connectivity index (χ4v) is 1.44. The van der Waals surface area contributed by atoms with E-state index in [1.807, 2.05) is 0 Å². The molecule has 0 saturated heterocycles. The van der Waals surface area contributed by atoms with Crippen molar-refractivity contribution < 1.29 is 9.18 Å². The molecule has 1 amide bonds. The van der Waals surface area contributed by atoms with Gasteiger partial charge in [0.1, 0.15) is 12.1 Å². The molecule has 2 aromatic rings. The molecule has 1 aromatic carbocycles. The number of nitrogens with zero attached hydrogens (tertiary/aromatic N) is 4. The SMILES string of the molecule is CC[C@H](N)C(=O)Nc1cc(-n2cnnn2)ccc1F. The van der Waals surface area contributed by atoms with Gasteiger partial charge < -0.3 is 11.1 Å². The monoisotopic (exact) mass is 264 g/mol. The van der Waals surface area contributed by atoms with E-state index in [4.69, 9.17) is 5.73 Å². The lowest BCUT2D eigenvalue weighted by atomic mass is 10.2. The molecule has 0 aliphatic rings. The van der Waals surface area contributed by atoms with Crippen LogP contribution in [0.15, 0.2) is 24.5 Å². The Morgan fingerprint density at radius 2 is 2.37 bits per heavy atom. The van der Waals surface area contributed by atoms with Crippen LogP contribution in [0.25, 0.3) is 5.69 Å². The second-order valence-corrected chi connectivity index (χ2v) is 3.92. The molecule has 100 valence electrons. The van der Waals surface area contributed by atoms with E-state index in [0.717, 1.165) is 0 Å². The first-order valence-corrected chi connectivity index (χ1v) is 5.71. The van der Waals surface area contributed by atoms with E-state index in [-0.39, 0.29) is 5.69 Å². The maximum Gasteiger partial charge on any atom is 0.241 e. The van der Waals surface area contributed by atoms with Gasteiger partial charge in [0.15, 0.2) is 0 Å². The van der Waals surface area contributed by atoms with Gasteiger partial charge in [-0.05, 0) is 35.0 Å². The van der Waals surface area contributed by atoms with Crippen LogP contribution in [0.3, 0.4) is 0 Å². The third-order valence-electron chi connectivity index (χ3n) is 2.60. The molecule has 3 N–H and O–H groups in total. The van der Waals surface area contributed by atoms with Gasteiger partial charge in [-0.1, -0.05) is 6.92 Å². The predicted molar refractivity (Wildman–Crippen MR) is 66.0 cm³/mol. The Morgan fingerprint density at radius 3 is 3.00 bits per heavy atom. The number of hydrogen-bond acceptors (Lipinski definition) is 5. The smallest absolute Gasteiger partial charge is 0.241 e. The van der Waals surface area contributed by atoms with Crippen LogP contribution >= 0.6 is 0 Å². The van der Waals surface area contributed by atoms with Crippen molar-refractivity contribution in [1.82, 2.24) is 20.2 Å². The van der Waals surface area contributed by atoms with E-state index >= 15 is 0 Å². The lowest BCUT2D eigenvalue weighted by Crippen LogP contribution is -2.35. The summed E-state index contributed by atoms with van der Waals surface area (Å²) in [6.07, 6.45) is 1.84. The second kappa shape index (κ2) is 5.53. The van der Waals surface area contributed by atoms with Crippen molar-refractivity contribution in [3.05, 3.63) is 30.3 Å². The average Bonchev–Trinajstić information content (AvgIpc) is 2.94. The number of nitrogens with two attached hydrogens (primary N) is 1. The van der Waals surface area contributed by atoms with E-state index in [1.165, 1.54) is 29.2 Å². The van der Waals surface area contributed by atoms with Crippen LogP contribution in [0.1, 0.15) is 13.3 Å². The largest absolute Gasteiger partial charge is 0.322 e. The van der Waals surface area contributed by atoms with E-state index < -0.39 is 17.8 Å². The van der Waals surface area contributed by atoms with E-state index in [1.54, 1.807) is 6.92 Å². The lowest BCUT2D eigenvalue weighted by Gasteiger charge is -2.11. The highest BCUT2D eigenvalue weighted by Crippen LogP contribution is 2.18. The summed E-state index contributed by atoms with van der Waals surface area (Å²) in [5, 5.41) is 13.1. The van der Waals surface area contributed by atoms with Crippen molar-refractivity contribution in [3.8, 4) is 5.69 Å². The highest BCUT2D eigenvalue weighted by Gasteiger charge is 2.14. The summed E-state index contributed by atoms with van der Waals surface area (Å²) in [5.41, 5.74) is 6.15. The Kier molecular flexibility index (Phi) is 3.81. The number of carbonyl (C=O) groups excluding carboxylic acids is 1. The minimum absolute atomic E-state index is 0.0434. The number of rotatable bonds is 4. The first-order chi connectivity index (χ1) is 9.11. The molecule has 0 bridgehead atoms. The van der Waals surface area contributed by atoms with Gasteiger partial charge >= 0.3 is 0 Å². The number of tetrazole rings is 1. The maximum absolute atomic E-state index is 13.6. The van der Waals surface area contributed by atoms with E-state index in [9.17, 15) is 9.18 Å². The van der Waals surface area contributed by atoms with Crippen molar-refractivity contribution in [2.24, 2.45) is 5.73 Å². The molecule has 0 radical (unpaired) electrons. The number of nitrogens with one attached hydrogen (secondary N) is 1. The van der Waals surface area contributed by atoms with Gasteiger partial charge in [0.05, 0.1) is 17.4 Å². The molecule has 19 heavy (non-hydrogen) atoms. The molecule has 1 heterocycles. The number of anilines is 1. The third-order valence-corrected chi connectivity index (χ3v) is 2.60. The Bertz CT molecular complexity index is 571. The number of carbonyl (C=O) groups is 1. The van der Waals surface area contributed by atoms with Crippen LogP contribution in [-0.2, 0) is 4.79 Å².